The number of nitrogens with one attached hydrogen (secondary N) is 1. The van der Waals surface area contributed by atoms with E-state index in [2.05, 4.69) is 51.4 Å². The van der Waals surface area contributed by atoms with E-state index < -0.39 is 0 Å². The predicted molar refractivity (Wildman–Crippen MR) is 120 cm³/mol. The zero-order valence-corrected chi connectivity index (χ0v) is 18.3. The first-order valence-electron chi connectivity index (χ1n) is 10.1. The number of anilines is 2. The van der Waals surface area contributed by atoms with Crippen molar-refractivity contribution < 1.29 is 0 Å². The topological polar surface area (TPSA) is 56.6 Å². The van der Waals surface area contributed by atoms with Crippen LogP contribution in [0.5, 0.6) is 0 Å². The van der Waals surface area contributed by atoms with Crippen LogP contribution in [0.15, 0.2) is 35.3 Å². The maximum absolute atomic E-state index is 12.6. The smallest absolute Gasteiger partial charge is 0.291 e. The minimum atomic E-state index is -0.163. The Balaban J connectivity index is 1.50. The van der Waals surface area contributed by atoms with Gasteiger partial charge in [-0.2, -0.15) is 5.10 Å². The third kappa shape index (κ3) is 5.72. The minimum absolute atomic E-state index is 0.163. The van der Waals surface area contributed by atoms with E-state index in [-0.39, 0.29) is 5.56 Å². The van der Waals surface area contributed by atoms with Crippen molar-refractivity contribution in [1.29, 1.82) is 0 Å². The first kappa shape index (κ1) is 21.6. The van der Waals surface area contributed by atoms with E-state index in [0.29, 0.717) is 23.8 Å². The highest BCUT2D eigenvalue weighted by atomic mass is 35.5. The van der Waals surface area contributed by atoms with Crippen LogP contribution in [0.25, 0.3) is 0 Å². The fourth-order valence-corrected chi connectivity index (χ4v) is 3.74. The van der Waals surface area contributed by atoms with Crippen LogP contribution in [0.4, 0.5) is 11.4 Å². The molecule has 1 aliphatic heterocycles. The van der Waals surface area contributed by atoms with Gasteiger partial charge in [0.1, 0.15) is 5.69 Å². The highest BCUT2D eigenvalue weighted by Crippen LogP contribution is 2.20. The summed E-state index contributed by atoms with van der Waals surface area (Å²) in [5.74, 6) is 0. The zero-order valence-electron chi connectivity index (χ0n) is 17.6. The van der Waals surface area contributed by atoms with Crippen LogP contribution in [0.2, 0.25) is 5.02 Å². The van der Waals surface area contributed by atoms with Gasteiger partial charge in [0.15, 0.2) is 0 Å². The van der Waals surface area contributed by atoms with Crippen molar-refractivity contribution in [3.8, 4) is 0 Å². The molecule has 2 aromatic rings. The number of aromatic nitrogens is 2. The number of hydrogen-bond acceptors (Lipinski definition) is 6. The van der Waals surface area contributed by atoms with Crippen molar-refractivity contribution in [2.75, 3.05) is 70.1 Å². The number of rotatable bonds is 8. The molecule has 1 aliphatic rings. The molecule has 7 nitrogen and oxygen atoms in total. The number of benzene rings is 1. The van der Waals surface area contributed by atoms with Crippen molar-refractivity contribution in [2.45, 2.75) is 13.5 Å². The van der Waals surface area contributed by atoms with Gasteiger partial charge in [-0.05, 0) is 32.6 Å². The van der Waals surface area contributed by atoms with Gasteiger partial charge in [-0.15, -0.1) is 0 Å². The van der Waals surface area contributed by atoms with E-state index in [0.717, 1.165) is 39.3 Å². The summed E-state index contributed by atoms with van der Waals surface area (Å²) < 4.78 is 1.47. The van der Waals surface area contributed by atoms with Crippen molar-refractivity contribution in [1.82, 2.24) is 19.6 Å². The maximum atomic E-state index is 12.6. The lowest BCUT2D eigenvalue weighted by Crippen LogP contribution is -2.48. The number of piperazine rings is 1. The largest absolute Gasteiger partial charge is 0.378 e. The first-order valence-corrected chi connectivity index (χ1v) is 10.5. The third-order valence-electron chi connectivity index (χ3n) is 5.31. The Kier molecular flexibility index (Phi) is 7.52. The molecule has 1 fully saturated rings. The fraction of sp³-hybridized carbons (Fsp3) is 0.524. The third-order valence-corrected chi connectivity index (χ3v) is 5.60. The second-order valence-corrected chi connectivity index (χ2v) is 8.15. The molecule has 0 amide bonds. The van der Waals surface area contributed by atoms with Crippen LogP contribution in [0.3, 0.4) is 0 Å². The van der Waals surface area contributed by atoms with Gasteiger partial charge >= 0.3 is 0 Å². The van der Waals surface area contributed by atoms with E-state index in [1.807, 2.05) is 19.0 Å². The second kappa shape index (κ2) is 10.1. The van der Waals surface area contributed by atoms with E-state index in [4.69, 9.17) is 11.6 Å². The number of nitrogens with zero attached hydrogens (tertiary/aromatic N) is 5. The Labute approximate surface area is 177 Å². The molecule has 0 atom stereocenters. The molecular weight excluding hydrogens is 388 g/mol. The quantitative estimate of drug-likeness (QED) is 0.707. The molecule has 0 spiro atoms. The first-order chi connectivity index (χ1) is 14.0. The number of halogens is 1. The van der Waals surface area contributed by atoms with Crippen molar-refractivity contribution in [3.05, 3.63) is 51.4 Å². The highest BCUT2D eigenvalue weighted by Gasteiger charge is 2.18. The normalized spacial score (nSPS) is 15.1. The number of likely N-dealkylation sites (N-methyl/N-ethyl adjacent to an activating group) is 1. The van der Waals surface area contributed by atoms with Crippen LogP contribution in [0, 0.1) is 6.92 Å². The van der Waals surface area contributed by atoms with Gasteiger partial charge < -0.3 is 15.1 Å². The van der Waals surface area contributed by atoms with Gasteiger partial charge in [0.25, 0.3) is 5.56 Å². The Morgan fingerprint density at radius 3 is 2.55 bits per heavy atom. The standard InChI is InChI=1S/C21H31ClN6O/c1-17-6-4-5-7-19(17)27-13-11-26(12-14-27)9-8-23-20-18(22)16-24-28(21(20)29)15-10-25(2)3/h4-7,16,23H,8-15H2,1-3H3. The summed E-state index contributed by atoms with van der Waals surface area (Å²) in [6.07, 6.45) is 1.54. The average molecular weight is 419 g/mol. The Hall–Kier alpha value is -2.09. The summed E-state index contributed by atoms with van der Waals surface area (Å²) in [5, 5.41) is 7.75. The molecule has 0 bridgehead atoms. The fourth-order valence-electron chi connectivity index (χ4n) is 3.55. The van der Waals surface area contributed by atoms with Crippen molar-refractivity contribution in [2.24, 2.45) is 0 Å². The molecule has 0 saturated carbocycles. The summed E-state index contributed by atoms with van der Waals surface area (Å²) in [6, 6.07) is 8.54. The van der Waals surface area contributed by atoms with Crippen LogP contribution in [-0.4, -0.2) is 79.5 Å². The molecule has 0 radical (unpaired) electrons. The van der Waals surface area contributed by atoms with E-state index in [1.165, 1.54) is 15.9 Å². The molecule has 0 aliphatic carbocycles. The molecular formula is C21H31ClN6O. The molecule has 29 heavy (non-hydrogen) atoms. The summed E-state index contributed by atoms with van der Waals surface area (Å²) in [6.45, 7) is 9.04. The minimum Gasteiger partial charge on any atom is -0.378 e. The summed E-state index contributed by atoms with van der Waals surface area (Å²) in [4.78, 5) is 19.5. The van der Waals surface area contributed by atoms with E-state index in [9.17, 15) is 4.79 Å². The Bertz CT molecular complexity index is 860. The van der Waals surface area contributed by atoms with Crippen LogP contribution < -0.4 is 15.8 Å². The summed E-state index contributed by atoms with van der Waals surface area (Å²) in [5.41, 5.74) is 2.93. The van der Waals surface area contributed by atoms with Crippen LogP contribution in [-0.2, 0) is 6.54 Å². The molecule has 1 N–H and O–H groups in total. The lowest BCUT2D eigenvalue weighted by molar-refractivity contribution is 0.267. The van der Waals surface area contributed by atoms with Crippen molar-refractivity contribution >= 4 is 23.0 Å². The molecule has 0 unspecified atom stereocenters. The molecule has 1 saturated heterocycles. The Morgan fingerprint density at radius 1 is 1.14 bits per heavy atom. The van der Waals surface area contributed by atoms with Gasteiger partial charge in [-0.3, -0.25) is 9.69 Å². The second-order valence-electron chi connectivity index (χ2n) is 7.74. The maximum Gasteiger partial charge on any atom is 0.291 e. The molecule has 1 aromatic heterocycles. The van der Waals surface area contributed by atoms with Crippen molar-refractivity contribution in [3.63, 3.8) is 0 Å². The summed E-state index contributed by atoms with van der Waals surface area (Å²) in [7, 11) is 3.94. The van der Waals surface area contributed by atoms with E-state index >= 15 is 0 Å². The van der Waals surface area contributed by atoms with Crippen LogP contribution in [0.1, 0.15) is 5.56 Å². The lowest BCUT2D eigenvalue weighted by atomic mass is 10.1. The van der Waals surface area contributed by atoms with Gasteiger partial charge in [-0.1, -0.05) is 29.8 Å². The SMILES string of the molecule is Cc1ccccc1N1CCN(CCNc2c(Cl)cnn(CCN(C)C)c2=O)CC1. The average Bonchev–Trinajstić information content (AvgIpc) is 2.71. The molecule has 158 valence electrons. The molecule has 2 heterocycles. The van der Waals surface area contributed by atoms with Crippen LogP contribution >= 0.6 is 11.6 Å². The molecule has 3 rings (SSSR count). The predicted octanol–water partition coefficient (Wildman–Crippen LogP) is 2.00. The number of hydrogen-bond donors (Lipinski definition) is 1. The highest BCUT2D eigenvalue weighted by molar-refractivity contribution is 6.32. The van der Waals surface area contributed by atoms with Gasteiger partial charge in [0.05, 0.1) is 17.8 Å². The molecule has 8 heteroatoms. The van der Waals surface area contributed by atoms with E-state index in [1.54, 1.807) is 6.20 Å². The zero-order chi connectivity index (χ0) is 20.8. The molecule has 1 aromatic carbocycles. The summed E-state index contributed by atoms with van der Waals surface area (Å²) >= 11 is 6.22. The van der Waals surface area contributed by atoms with Gasteiger partial charge in [-0.25, -0.2) is 4.68 Å². The monoisotopic (exact) mass is 418 g/mol. The number of aryl methyl sites for hydroxylation is 1. The Morgan fingerprint density at radius 2 is 1.86 bits per heavy atom. The van der Waals surface area contributed by atoms with Gasteiger partial charge in [0.2, 0.25) is 0 Å². The van der Waals surface area contributed by atoms with Gasteiger partial charge in [0, 0.05) is 51.5 Å². The lowest BCUT2D eigenvalue weighted by Gasteiger charge is -2.36. The number of para-hydroxylation sites is 1.